The molecule has 0 aromatic heterocycles. The molecule has 1 aromatic rings. The number of hydrogen-bond donors (Lipinski definition) is 2. The molecule has 1 atom stereocenters. The molecule has 1 saturated heterocycles. The van der Waals surface area contributed by atoms with Crippen LogP contribution in [-0.4, -0.2) is 25.0 Å². The zero-order chi connectivity index (χ0) is 11.5. The van der Waals surface area contributed by atoms with Crippen LogP contribution in [0, 0.1) is 5.92 Å². The molecular formula is C13H19N3. The summed E-state index contributed by atoms with van der Waals surface area (Å²) in [4.78, 5) is 2.33. The third-order valence-electron chi connectivity index (χ3n) is 3.10. The first-order valence-corrected chi connectivity index (χ1v) is 5.65. The van der Waals surface area contributed by atoms with E-state index in [0.717, 1.165) is 30.2 Å². The maximum atomic E-state index is 5.64. The van der Waals surface area contributed by atoms with Crippen LogP contribution in [0.2, 0.25) is 0 Å². The zero-order valence-corrected chi connectivity index (χ0v) is 9.74. The summed E-state index contributed by atoms with van der Waals surface area (Å²) in [6.07, 6.45) is 1.19. The van der Waals surface area contributed by atoms with Crippen molar-refractivity contribution < 1.29 is 0 Å². The van der Waals surface area contributed by atoms with Crippen molar-refractivity contribution in [3.63, 3.8) is 0 Å². The Labute approximate surface area is 96.9 Å². The number of nitrogens with zero attached hydrogens (tertiary/aromatic N) is 1. The van der Waals surface area contributed by atoms with Gasteiger partial charge < -0.3 is 16.0 Å². The van der Waals surface area contributed by atoms with E-state index in [1.165, 1.54) is 6.42 Å². The Bertz CT molecular complexity index is 369. The molecule has 0 amide bonds. The van der Waals surface area contributed by atoms with E-state index in [0.29, 0.717) is 5.92 Å². The van der Waals surface area contributed by atoms with E-state index in [1.807, 2.05) is 24.3 Å². The first-order valence-electron chi connectivity index (χ1n) is 5.65. The molecule has 0 unspecified atom stereocenters. The maximum absolute atomic E-state index is 5.64. The Kier molecular flexibility index (Phi) is 3.15. The predicted octanol–water partition coefficient (Wildman–Crippen LogP) is 2.15. The average Bonchev–Trinajstić information content (AvgIpc) is 2.68. The molecule has 0 bridgehead atoms. The van der Waals surface area contributed by atoms with Crippen molar-refractivity contribution in [2.75, 3.05) is 31.2 Å². The molecule has 0 radical (unpaired) electrons. The van der Waals surface area contributed by atoms with E-state index >= 15 is 0 Å². The fourth-order valence-electron chi connectivity index (χ4n) is 2.07. The number of nitrogens with one attached hydrogen (secondary N) is 1. The van der Waals surface area contributed by atoms with E-state index in [4.69, 9.17) is 5.73 Å². The Balaban J connectivity index is 1.94. The van der Waals surface area contributed by atoms with Crippen molar-refractivity contribution in [3.8, 4) is 0 Å². The summed E-state index contributed by atoms with van der Waals surface area (Å²) in [5, 5.41) is 3.35. The Hall–Kier alpha value is -1.48. The molecule has 1 aromatic carbocycles. The molecule has 3 N–H and O–H groups in total. The van der Waals surface area contributed by atoms with Crippen molar-refractivity contribution >= 4 is 11.4 Å². The monoisotopic (exact) mass is 217 g/mol. The van der Waals surface area contributed by atoms with E-state index in [2.05, 4.69) is 23.8 Å². The van der Waals surface area contributed by atoms with Crippen molar-refractivity contribution in [1.29, 1.82) is 0 Å². The summed E-state index contributed by atoms with van der Waals surface area (Å²) in [6, 6.07) is 7.77. The van der Waals surface area contributed by atoms with Crippen LogP contribution in [0.25, 0.3) is 0 Å². The van der Waals surface area contributed by atoms with Crippen molar-refractivity contribution in [2.24, 2.45) is 5.92 Å². The van der Waals surface area contributed by atoms with Gasteiger partial charge in [-0.3, -0.25) is 0 Å². The Morgan fingerprint density at radius 2 is 2.12 bits per heavy atom. The molecule has 16 heavy (non-hydrogen) atoms. The minimum atomic E-state index is 0.558. The van der Waals surface area contributed by atoms with Gasteiger partial charge >= 0.3 is 0 Å². The lowest BCUT2D eigenvalue weighted by Gasteiger charge is -2.16. The molecule has 86 valence electrons. The molecule has 2 rings (SSSR count). The minimum absolute atomic E-state index is 0.558. The summed E-state index contributed by atoms with van der Waals surface area (Å²) in [6.45, 7) is 6.38. The van der Waals surface area contributed by atoms with Crippen LogP contribution >= 0.6 is 0 Å². The van der Waals surface area contributed by atoms with E-state index < -0.39 is 0 Å². The average molecular weight is 217 g/mol. The standard InChI is InChI=1S/C13H19N3/c1-10(11-7-8-16(2)9-11)15-13-5-3-12(14)4-6-13/h3-6,11,15H,1,7-9,14H2,2H3/t11-/m1/s1. The van der Waals surface area contributed by atoms with Gasteiger partial charge in [0.1, 0.15) is 0 Å². The van der Waals surface area contributed by atoms with E-state index in [-0.39, 0.29) is 0 Å². The van der Waals surface area contributed by atoms with Crippen LogP contribution in [0.3, 0.4) is 0 Å². The summed E-state index contributed by atoms with van der Waals surface area (Å²) in [7, 11) is 2.15. The van der Waals surface area contributed by atoms with Gasteiger partial charge in [-0.1, -0.05) is 6.58 Å². The normalized spacial score (nSPS) is 20.9. The van der Waals surface area contributed by atoms with Gasteiger partial charge in [-0.25, -0.2) is 0 Å². The summed E-state index contributed by atoms with van der Waals surface area (Å²) >= 11 is 0. The highest BCUT2D eigenvalue weighted by molar-refractivity contribution is 5.54. The summed E-state index contributed by atoms with van der Waals surface area (Å²) < 4.78 is 0. The first-order chi connectivity index (χ1) is 7.65. The van der Waals surface area contributed by atoms with Gasteiger partial charge in [0.2, 0.25) is 0 Å². The SMILES string of the molecule is C=C(Nc1ccc(N)cc1)[C@@H]1CCN(C)C1. The number of nitrogens with two attached hydrogens (primary N) is 1. The highest BCUT2D eigenvalue weighted by Crippen LogP contribution is 2.23. The third kappa shape index (κ3) is 2.55. The minimum Gasteiger partial charge on any atom is -0.399 e. The molecule has 3 heteroatoms. The highest BCUT2D eigenvalue weighted by Gasteiger charge is 2.21. The quantitative estimate of drug-likeness (QED) is 0.762. The van der Waals surface area contributed by atoms with Crippen LogP contribution in [0.4, 0.5) is 11.4 Å². The lowest BCUT2D eigenvalue weighted by atomic mass is 10.1. The predicted molar refractivity (Wildman–Crippen MR) is 69.2 cm³/mol. The smallest absolute Gasteiger partial charge is 0.0383 e. The summed E-state index contributed by atoms with van der Waals surface area (Å²) in [5.41, 5.74) is 8.60. The fourth-order valence-corrected chi connectivity index (χ4v) is 2.07. The lowest BCUT2D eigenvalue weighted by molar-refractivity contribution is 0.406. The van der Waals surface area contributed by atoms with Gasteiger partial charge in [0.05, 0.1) is 0 Å². The van der Waals surface area contributed by atoms with Crippen molar-refractivity contribution in [3.05, 3.63) is 36.5 Å². The van der Waals surface area contributed by atoms with Crippen LogP contribution in [-0.2, 0) is 0 Å². The molecule has 1 aliphatic heterocycles. The molecule has 3 nitrogen and oxygen atoms in total. The van der Waals surface area contributed by atoms with Gasteiger partial charge in [0.25, 0.3) is 0 Å². The number of likely N-dealkylation sites (tertiary alicyclic amines) is 1. The number of hydrogen-bond acceptors (Lipinski definition) is 3. The van der Waals surface area contributed by atoms with Crippen LogP contribution in [0.1, 0.15) is 6.42 Å². The second kappa shape index (κ2) is 4.58. The molecule has 0 aliphatic carbocycles. The molecule has 1 heterocycles. The number of nitrogen functional groups attached to an aromatic ring is 1. The number of benzene rings is 1. The fraction of sp³-hybridized carbons (Fsp3) is 0.385. The maximum Gasteiger partial charge on any atom is 0.0383 e. The third-order valence-corrected chi connectivity index (χ3v) is 3.10. The summed E-state index contributed by atoms with van der Waals surface area (Å²) in [5.74, 6) is 0.558. The second-order valence-electron chi connectivity index (χ2n) is 4.52. The van der Waals surface area contributed by atoms with Crippen molar-refractivity contribution in [1.82, 2.24) is 4.90 Å². The Morgan fingerprint density at radius 3 is 2.69 bits per heavy atom. The van der Waals surface area contributed by atoms with E-state index in [1.54, 1.807) is 0 Å². The van der Waals surface area contributed by atoms with Crippen LogP contribution in [0.5, 0.6) is 0 Å². The Morgan fingerprint density at radius 1 is 1.44 bits per heavy atom. The van der Waals surface area contributed by atoms with Gasteiger partial charge in [-0.05, 0) is 44.3 Å². The van der Waals surface area contributed by atoms with Crippen molar-refractivity contribution in [2.45, 2.75) is 6.42 Å². The van der Waals surface area contributed by atoms with Crippen LogP contribution < -0.4 is 11.1 Å². The molecular weight excluding hydrogens is 198 g/mol. The molecule has 0 saturated carbocycles. The second-order valence-corrected chi connectivity index (χ2v) is 4.52. The highest BCUT2D eigenvalue weighted by atomic mass is 15.1. The van der Waals surface area contributed by atoms with Gasteiger partial charge in [0.15, 0.2) is 0 Å². The van der Waals surface area contributed by atoms with E-state index in [9.17, 15) is 0 Å². The van der Waals surface area contributed by atoms with Gasteiger partial charge in [0, 0.05) is 29.5 Å². The van der Waals surface area contributed by atoms with Crippen LogP contribution in [0.15, 0.2) is 36.5 Å². The molecule has 0 spiro atoms. The lowest BCUT2D eigenvalue weighted by Crippen LogP contribution is -2.17. The molecule has 1 aliphatic rings. The number of rotatable bonds is 3. The number of anilines is 2. The van der Waals surface area contributed by atoms with Gasteiger partial charge in [-0.15, -0.1) is 0 Å². The molecule has 1 fully saturated rings. The largest absolute Gasteiger partial charge is 0.399 e. The topological polar surface area (TPSA) is 41.3 Å². The first kappa shape index (κ1) is 11.0. The zero-order valence-electron chi connectivity index (χ0n) is 9.74. The van der Waals surface area contributed by atoms with Gasteiger partial charge in [-0.2, -0.15) is 0 Å².